The van der Waals surface area contributed by atoms with Gasteiger partial charge in [0.25, 0.3) is 5.69 Å². The maximum atomic E-state index is 10.8. The van der Waals surface area contributed by atoms with Crippen molar-refractivity contribution in [1.29, 1.82) is 0 Å². The lowest BCUT2D eigenvalue weighted by atomic mass is 10.1. The third kappa shape index (κ3) is 5.59. The van der Waals surface area contributed by atoms with E-state index in [-0.39, 0.29) is 10.6 Å². The monoisotopic (exact) mass is 373 g/mol. The number of nitro groups is 1. The lowest BCUT2D eigenvalue weighted by Crippen LogP contribution is -2.37. The van der Waals surface area contributed by atoms with Gasteiger partial charge in [-0.15, -0.1) is 0 Å². The summed E-state index contributed by atoms with van der Waals surface area (Å²) in [6, 6.07) is 6.55. The smallest absolute Gasteiger partial charge is 0.269 e. The number of non-ortho nitro benzene ring substituents is 1. The van der Waals surface area contributed by atoms with Gasteiger partial charge in [0.2, 0.25) is 0 Å². The van der Waals surface area contributed by atoms with E-state index in [1.165, 1.54) is 18.6 Å². The van der Waals surface area contributed by atoms with Gasteiger partial charge in [-0.1, -0.05) is 0 Å². The Morgan fingerprint density at radius 2 is 1.96 bits per heavy atom. The molecule has 1 saturated heterocycles. The van der Waals surface area contributed by atoms with Gasteiger partial charge in [-0.05, 0) is 38.1 Å². The predicted octanol–water partition coefficient (Wildman–Crippen LogP) is 2.20. The normalized spacial score (nSPS) is 15.1. The van der Waals surface area contributed by atoms with Crippen LogP contribution in [-0.4, -0.2) is 59.0 Å². The van der Waals surface area contributed by atoms with E-state index in [1.807, 2.05) is 13.2 Å². The number of rotatable bonds is 9. The van der Waals surface area contributed by atoms with Gasteiger partial charge in [0.1, 0.15) is 0 Å². The van der Waals surface area contributed by atoms with Crippen LogP contribution in [-0.2, 0) is 18.3 Å². The Morgan fingerprint density at radius 3 is 2.67 bits per heavy atom. The molecule has 1 aromatic heterocycles. The summed E-state index contributed by atoms with van der Waals surface area (Å²) in [4.78, 5) is 12.9. The molecule has 0 unspecified atom stereocenters. The fourth-order valence-electron chi connectivity index (χ4n) is 3.28. The third-order valence-corrected chi connectivity index (χ3v) is 4.75. The van der Waals surface area contributed by atoms with Gasteiger partial charge < -0.3 is 10.1 Å². The van der Waals surface area contributed by atoms with Crippen molar-refractivity contribution in [1.82, 2.24) is 20.0 Å². The lowest BCUT2D eigenvalue weighted by molar-refractivity contribution is -0.384. The number of aryl methyl sites for hydroxylation is 1. The van der Waals surface area contributed by atoms with Gasteiger partial charge in [0.05, 0.1) is 23.8 Å². The number of hydrogen-bond acceptors (Lipinski definition) is 6. The van der Waals surface area contributed by atoms with Crippen molar-refractivity contribution in [3.05, 3.63) is 46.1 Å². The Bertz CT molecular complexity index is 738. The minimum atomic E-state index is -0.387. The summed E-state index contributed by atoms with van der Waals surface area (Å²) in [5.74, 6) is 0. The van der Waals surface area contributed by atoms with Crippen molar-refractivity contribution in [2.24, 2.45) is 7.05 Å². The second-order valence-corrected chi connectivity index (χ2v) is 6.82. The zero-order valence-corrected chi connectivity index (χ0v) is 15.8. The summed E-state index contributed by atoms with van der Waals surface area (Å²) in [5.41, 5.74) is 2.95. The molecule has 0 saturated carbocycles. The average Bonchev–Trinajstić information content (AvgIpc) is 3.06. The maximum absolute atomic E-state index is 10.8. The van der Waals surface area contributed by atoms with Crippen molar-refractivity contribution in [2.75, 3.05) is 39.4 Å². The van der Waals surface area contributed by atoms with Crippen LogP contribution in [0.15, 0.2) is 30.5 Å². The van der Waals surface area contributed by atoms with Crippen LogP contribution in [0.4, 0.5) is 5.69 Å². The number of nitro benzene ring substituents is 1. The van der Waals surface area contributed by atoms with Crippen LogP contribution in [0.2, 0.25) is 0 Å². The van der Waals surface area contributed by atoms with Crippen LogP contribution in [0.1, 0.15) is 18.4 Å². The van der Waals surface area contributed by atoms with Gasteiger partial charge in [0, 0.05) is 56.1 Å². The van der Waals surface area contributed by atoms with Crippen molar-refractivity contribution in [2.45, 2.75) is 19.4 Å². The van der Waals surface area contributed by atoms with Crippen molar-refractivity contribution in [3.63, 3.8) is 0 Å². The van der Waals surface area contributed by atoms with Crippen LogP contribution in [0.5, 0.6) is 0 Å². The molecular formula is C19H27N5O3. The molecule has 0 aliphatic carbocycles. The third-order valence-electron chi connectivity index (χ3n) is 4.75. The van der Waals surface area contributed by atoms with E-state index >= 15 is 0 Å². The molecule has 8 heteroatoms. The van der Waals surface area contributed by atoms with E-state index in [0.717, 1.165) is 69.2 Å². The van der Waals surface area contributed by atoms with Crippen LogP contribution < -0.4 is 5.32 Å². The van der Waals surface area contributed by atoms with E-state index in [2.05, 4.69) is 15.3 Å². The quantitative estimate of drug-likeness (QED) is 0.412. The number of unbranched alkanes of at least 4 members (excludes halogenated alkanes) is 1. The first-order valence-corrected chi connectivity index (χ1v) is 9.41. The molecule has 146 valence electrons. The molecule has 2 heterocycles. The van der Waals surface area contributed by atoms with Crippen molar-refractivity contribution >= 4 is 5.69 Å². The summed E-state index contributed by atoms with van der Waals surface area (Å²) in [7, 11) is 1.89. The summed E-state index contributed by atoms with van der Waals surface area (Å²) >= 11 is 0. The predicted molar refractivity (Wildman–Crippen MR) is 103 cm³/mol. The van der Waals surface area contributed by atoms with E-state index in [4.69, 9.17) is 4.74 Å². The highest BCUT2D eigenvalue weighted by molar-refractivity contribution is 5.64. The Labute approximate surface area is 159 Å². The zero-order valence-electron chi connectivity index (χ0n) is 15.8. The van der Waals surface area contributed by atoms with Crippen LogP contribution in [0.25, 0.3) is 11.3 Å². The minimum absolute atomic E-state index is 0.0922. The molecule has 1 aliphatic rings. The summed E-state index contributed by atoms with van der Waals surface area (Å²) < 4.78 is 7.15. The molecule has 1 N–H and O–H groups in total. The number of ether oxygens (including phenoxy) is 1. The topological polar surface area (TPSA) is 85.5 Å². The summed E-state index contributed by atoms with van der Waals surface area (Å²) in [5, 5.41) is 18.8. The van der Waals surface area contributed by atoms with Gasteiger partial charge in [0.15, 0.2) is 0 Å². The summed E-state index contributed by atoms with van der Waals surface area (Å²) in [6.45, 7) is 6.61. The second kappa shape index (κ2) is 9.59. The molecular weight excluding hydrogens is 346 g/mol. The molecule has 1 fully saturated rings. The first-order valence-electron chi connectivity index (χ1n) is 9.41. The Balaban J connectivity index is 1.47. The number of aromatic nitrogens is 2. The van der Waals surface area contributed by atoms with Gasteiger partial charge in [-0.3, -0.25) is 19.7 Å². The summed E-state index contributed by atoms with van der Waals surface area (Å²) in [6.07, 6.45) is 4.30. The van der Waals surface area contributed by atoms with Gasteiger partial charge >= 0.3 is 0 Å². The fourth-order valence-corrected chi connectivity index (χ4v) is 3.28. The molecule has 1 aliphatic heterocycles. The highest BCUT2D eigenvalue weighted by Crippen LogP contribution is 2.24. The molecule has 3 rings (SSSR count). The lowest BCUT2D eigenvalue weighted by Gasteiger charge is -2.26. The Morgan fingerprint density at radius 1 is 1.22 bits per heavy atom. The molecule has 2 aromatic rings. The van der Waals surface area contributed by atoms with Crippen LogP contribution in [0.3, 0.4) is 0 Å². The molecule has 0 radical (unpaired) electrons. The van der Waals surface area contributed by atoms with Crippen molar-refractivity contribution in [3.8, 4) is 11.3 Å². The molecule has 8 nitrogen and oxygen atoms in total. The number of benzene rings is 1. The highest BCUT2D eigenvalue weighted by Gasteiger charge is 2.12. The second-order valence-electron chi connectivity index (χ2n) is 6.82. The Kier molecular flexibility index (Phi) is 6.92. The average molecular weight is 373 g/mol. The van der Waals surface area contributed by atoms with Crippen LogP contribution in [0, 0.1) is 10.1 Å². The number of morpholine rings is 1. The van der Waals surface area contributed by atoms with E-state index in [0.29, 0.717) is 0 Å². The Hall–Kier alpha value is -2.29. The van der Waals surface area contributed by atoms with E-state index < -0.39 is 0 Å². The fraction of sp³-hybridized carbons (Fsp3) is 0.526. The van der Waals surface area contributed by atoms with Crippen molar-refractivity contribution < 1.29 is 9.66 Å². The number of hydrogen-bond donors (Lipinski definition) is 1. The maximum Gasteiger partial charge on any atom is 0.269 e. The molecule has 1 aromatic carbocycles. The standard InChI is InChI=1S/C19H27N5O3/c1-22-15-17(14-20-8-2-3-9-23-10-12-27-13-11-23)19(21-22)16-4-6-18(7-5-16)24(25)26/h4-7,15,20H,2-3,8-14H2,1H3. The number of nitrogens with one attached hydrogen (secondary N) is 1. The van der Waals surface area contributed by atoms with E-state index in [9.17, 15) is 10.1 Å². The first-order chi connectivity index (χ1) is 13.1. The van der Waals surface area contributed by atoms with Crippen LogP contribution >= 0.6 is 0 Å². The highest BCUT2D eigenvalue weighted by atomic mass is 16.6. The van der Waals surface area contributed by atoms with Gasteiger partial charge in [-0.25, -0.2) is 0 Å². The number of nitrogens with zero attached hydrogens (tertiary/aromatic N) is 4. The van der Waals surface area contributed by atoms with E-state index in [1.54, 1.807) is 16.8 Å². The molecule has 0 spiro atoms. The molecule has 0 bridgehead atoms. The SMILES string of the molecule is Cn1cc(CNCCCCN2CCOCC2)c(-c2ccc([N+](=O)[O-])cc2)n1. The molecule has 0 amide bonds. The molecule has 0 atom stereocenters. The molecule has 27 heavy (non-hydrogen) atoms. The van der Waals surface area contributed by atoms with Gasteiger partial charge in [-0.2, -0.15) is 5.10 Å². The zero-order chi connectivity index (χ0) is 19.1. The largest absolute Gasteiger partial charge is 0.379 e. The first kappa shape index (κ1) is 19.5. The minimum Gasteiger partial charge on any atom is -0.379 e.